The fraction of sp³-hybridized carbons (Fsp3) is 0.100. The summed E-state index contributed by atoms with van der Waals surface area (Å²) in [6, 6.07) is 11.5. The molecule has 2 aromatic heterocycles. The van der Waals surface area contributed by atoms with E-state index in [2.05, 4.69) is 10.3 Å². The summed E-state index contributed by atoms with van der Waals surface area (Å²) in [4.78, 5) is 42.6. The second-order valence-corrected chi connectivity index (χ2v) is 6.08. The first-order valence-electron chi connectivity index (χ1n) is 8.33. The lowest BCUT2D eigenvalue weighted by atomic mass is 10.1. The normalized spacial score (nSPS) is 13.0. The summed E-state index contributed by atoms with van der Waals surface area (Å²) in [5, 5.41) is 2.78. The minimum absolute atomic E-state index is 0.0574. The predicted molar refractivity (Wildman–Crippen MR) is 94.8 cm³/mol. The Bertz CT molecular complexity index is 1010. The van der Waals surface area contributed by atoms with Crippen molar-refractivity contribution in [2.75, 3.05) is 0 Å². The zero-order valence-electron chi connectivity index (χ0n) is 14.2. The van der Waals surface area contributed by atoms with Crippen LogP contribution in [0.1, 0.15) is 42.4 Å². The maximum absolute atomic E-state index is 12.6. The van der Waals surface area contributed by atoms with Gasteiger partial charge in [-0.15, -0.1) is 0 Å². The third kappa shape index (κ3) is 3.22. The summed E-state index contributed by atoms with van der Waals surface area (Å²) in [5.41, 5.74) is 1.69. The van der Waals surface area contributed by atoms with E-state index in [9.17, 15) is 14.4 Å². The SMILES string of the molecule is O=C(NCc1cccnc1)c1ccc2c(c1)C(=O)N(Cc1ccco1)C2=O. The highest BCUT2D eigenvalue weighted by Gasteiger charge is 2.36. The van der Waals surface area contributed by atoms with Crippen molar-refractivity contribution in [1.29, 1.82) is 0 Å². The molecule has 0 radical (unpaired) electrons. The lowest BCUT2D eigenvalue weighted by Crippen LogP contribution is -2.28. The number of carbonyl (C=O) groups excluding carboxylic acids is 3. The highest BCUT2D eigenvalue weighted by Crippen LogP contribution is 2.25. The molecule has 4 rings (SSSR count). The Labute approximate surface area is 154 Å². The third-order valence-corrected chi connectivity index (χ3v) is 4.30. The molecule has 3 amide bonds. The minimum atomic E-state index is -0.437. The maximum atomic E-state index is 12.6. The molecule has 0 atom stereocenters. The second kappa shape index (κ2) is 6.87. The topological polar surface area (TPSA) is 92.5 Å². The van der Waals surface area contributed by atoms with Gasteiger partial charge in [0.25, 0.3) is 17.7 Å². The summed E-state index contributed by atoms with van der Waals surface area (Å²) in [7, 11) is 0. The van der Waals surface area contributed by atoms with Crippen molar-refractivity contribution in [2.24, 2.45) is 0 Å². The van der Waals surface area contributed by atoms with Crippen LogP contribution in [0.5, 0.6) is 0 Å². The number of furan rings is 1. The van der Waals surface area contributed by atoms with Gasteiger partial charge < -0.3 is 9.73 Å². The Balaban J connectivity index is 1.51. The van der Waals surface area contributed by atoms with Crippen LogP contribution in [0, 0.1) is 0 Å². The molecule has 1 aromatic carbocycles. The number of hydrogen-bond donors (Lipinski definition) is 1. The van der Waals surface area contributed by atoms with Gasteiger partial charge in [-0.1, -0.05) is 6.07 Å². The Morgan fingerprint density at radius 3 is 2.67 bits per heavy atom. The average Bonchev–Trinajstić information content (AvgIpc) is 3.30. The molecule has 0 bridgehead atoms. The molecule has 3 heterocycles. The van der Waals surface area contributed by atoms with Crippen LogP contribution >= 0.6 is 0 Å². The van der Waals surface area contributed by atoms with E-state index in [0.717, 1.165) is 10.5 Å². The van der Waals surface area contributed by atoms with Crippen LogP contribution in [0.3, 0.4) is 0 Å². The summed E-state index contributed by atoms with van der Waals surface area (Å²) in [6.07, 6.45) is 4.80. The van der Waals surface area contributed by atoms with E-state index < -0.39 is 11.8 Å². The number of imide groups is 1. The molecule has 0 fully saturated rings. The Kier molecular flexibility index (Phi) is 4.25. The smallest absolute Gasteiger partial charge is 0.261 e. The molecule has 27 heavy (non-hydrogen) atoms. The zero-order chi connectivity index (χ0) is 18.8. The van der Waals surface area contributed by atoms with Crippen molar-refractivity contribution in [3.8, 4) is 0 Å². The summed E-state index contributed by atoms with van der Waals surface area (Å²) in [5.74, 6) is -0.646. The Hall–Kier alpha value is -3.74. The first kappa shape index (κ1) is 16.7. The van der Waals surface area contributed by atoms with Crippen molar-refractivity contribution < 1.29 is 18.8 Å². The number of nitrogens with one attached hydrogen (secondary N) is 1. The number of aromatic nitrogens is 1. The summed E-state index contributed by atoms with van der Waals surface area (Å²) >= 11 is 0. The van der Waals surface area contributed by atoms with E-state index in [-0.39, 0.29) is 23.6 Å². The van der Waals surface area contributed by atoms with E-state index in [1.165, 1.54) is 18.4 Å². The molecule has 1 aliphatic heterocycles. The first-order valence-corrected chi connectivity index (χ1v) is 8.33. The molecule has 134 valence electrons. The van der Waals surface area contributed by atoms with Crippen molar-refractivity contribution >= 4 is 17.7 Å². The molecular weight excluding hydrogens is 346 g/mol. The van der Waals surface area contributed by atoms with Crippen LogP contribution in [-0.4, -0.2) is 27.6 Å². The third-order valence-electron chi connectivity index (χ3n) is 4.30. The van der Waals surface area contributed by atoms with Gasteiger partial charge in [0.1, 0.15) is 5.76 Å². The van der Waals surface area contributed by atoms with Gasteiger partial charge in [-0.2, -0.15) is 0 Å². The molecule has 3 aromatic rings. The van der Waals surface area contributed by atoms with Gasteiger partial charge in [0.05, 0.1) is 23.9 Å². The van der Waals surface area contributed by atoms with E-state index in [1.807, 2.05) is 6.07 Å². The maximum Gasteiger partial charge on any atom is 0.261 e. The van der Waals surface area contributed by atoms with Crippen molar-refractivity contribution in [1.82, 2.24) is 15.2 Å². The van der Waals surface area contributed by atoms with Crippen LogP contribution in [0.4, 0.5) is 0 Å². The molecule has 1 aliphatic rings. The quantitative estimate of drug-likeness (QED) is 0.705. The number of fused-ring (bicyclic) bond motifs is 1. The second-order valence-electron chi connectivity index (χ2n) is 6.08. The van der Waals surface area contributed by atoms with Gasteiger partial charge in [0.15, 0.2) is 0 Å². The molecule has 7 heteroatoms. The molecule has 0 saturated carbocycles. The van der Waals surface area contributed by atoms with Gasteiger partial charge in [-0.25, -0.2) is 0 Å². The van der Waals surface area contributed by atoms with E-state index >= 15 is 0 Å². The number of hydrogen-bond acceptors (Lipinski definition) is 5. The standard InChI is InChI=1S/C20H15N3O4/c24-18(22-11-13-3-1-7-21-10-13)14-5-6-16-17(9-14)20(26)23(19(16)25)12-15-4-2-8-27-15/h1-10H,11-12H2,(H,22,24). The van der Waals surface area contributed by atoms with Gasteiger partial charge in [-0.3, -0.25) is 24.3 Å². The van der Waals surface area contributed by atoms with Gasteiger partial charge in [0, 0.05) is 24.5 Å². The van der Waals surface area contributed by atoms with E-state index in [4.69, 9.17) is 4.42 Å². The number of carbonyl (C=O) groups is 3. The van der Waals surface area contributed by atoms with Crippen LogP contribution in [0.25, 0.3) is 0 Å². The average molecular weight is 361 g/mol. The molecular formula is C20H15N3O4. The van der Waals surface area contributed by atoms with Gasteiger partial charge >= 0.3 is 0 Å². The Morgan fingerprint density at radius 2 is 1.93 bits per heavy atom. The minimum Gasteiger partial charge on any atom is -0.467 e. The van der Waals surface area contributed by atoms with Crippen molar-refractivity contribution in [2.45, 2.75) is 13.1 Å². The number of rotatable bonds is 5. The lowest BCUT2D eigenvalue weighted by molar-refractivity contribution is 0.0631. The molecule has 0 aliphatic carbocycles. The van der Waals surface area contributed by atoms with Gasteiger partial charge in [0.2, 0.25) is 0 Å². The fourth-order valence-electron chi connectivity index (χ4n) is 2.92. The highest BCUT2D eigenvalue weighted by atomic mass is 16.3. The number of nitrogens with zero attached hydrogens (tertiary/aromatic N) is 2. The highest BCUT2D eigenvalue weighted by molar-refractivity contribution is 6.21. The summed E-state index contributed by atoms with van der Waals surface area (Å²) < 4.78 is 5.21. The monoisotopic (exact) mass is 361 g/mol. The molecule has 0 unspecified atom stereocenters. The Morgan fingerprint density at radius 1 is 1.07 bits per heavy atom. The van der Waals surface area contributed by atoms with E-state index in [0.29, 0.717) is 17.9 Å². The number of amides is 3. The lowest BCUT2D eigenvalue weighted by Gasteiger charge is -2.11. The predicted octanol–water partition coefficient (Wildman–Crippen LogP) is 2.40. The molecule has 0 spiro atoms. The van der Waals surface area contributed by atoms with Crippen molar-refractivity contribution in [3.05, 3.63) is 89.1 Å². The van der Waals surface area contributed by atoms with Crippen LogP contribution in [0.2, 0.25) is 0 Å². The fourth-order valence-corrected chi connectivity index (χ4v) is 2.92. The van der Waals surface area contributed by atoms with Crippen LogP contribution in [0.15, 0.2) is 65.5 Å². The first-order chi connectivity index (χ1) is 13.1. The van der Waals surface area contributed by atoms with Crippen LogP contribution < -0.4 is 5.32 Å². The molecule has 1 N–H and O–H groups in total. The molecule has 7 nitrogen and oxygen atoms in total. The number of benzene rings is 1. The van der Waals surface area contributed by atoms with Crippen molar-refractivity contribution in [3.63, 3.8) is 0 Å². The van der Waals surface area contributed by atoms with Gasteiger partial charge in [-0.05, 0) is 42.0 Å². The summed E-state index contributed by atoms with van der Waals surface area (Å²) in [6.45, 7) is 0.378. The molecule has 0 saturated heterocycles. The van der Waals surface area contributed by atoms with Crippen LogP contribution in [-0.2, 0) is 13.1 Å². The zero-order valence-corrected chi connectivity index (χ0v) is 14.2. The number of pyridine rings is 1. The van der Waals surface area contributed by atoms with E-state index in [1.54, 1.807) is 36.7 Å². The largest absolute Gasteiger partial charge is 0.467 e.